The minimum absolute atomic E-state index is 0.303. The van der Waals surface area contributed by atoms with Gasteiger partial charge in [-0.1, -0.05) is 6.58 Å². The summed E-state index contributed by atoms with van der Waals surface area (Å²) >= 11 is 0. The summed E-state index contributed by atoms with van der Waals surface area (Å²) in [6.07, 6.45) is -0.537. The molecule has 10 heavy (non-hydrogen) atoms. The Labute approximate surface area is 56.3 Å². The van der Waals surface area contributed by atoms with Crippen molar-refractivity contribution in [1.82, 2.24) is 0 Å². The number of aliphatic carboxylic acids is 1. The van der Waals surface area contributed by atoms with Crippen molar-refractivity contribution >= 4 is 11.9 Å². The van der Waals surface area contributed by atoms with Crippen molar-refractivity contribution in [3.8, 4) is 0 Å². The van der Waals surface area contributed by atoms with Gasteiger partial charge in [-0.25, -0.2) is 0 Å². The number of nitrogens with zero attached hydrogens (tertiary/aromatic N) is 1. The van der Waals surface area contributed by atoms with Crippen LogP contribution in [-0.4, -0.2) is 17.0 Å². The van der Waals surface area contributed by atoms with Crippen LogP contribution in [-0.2, 0) is 9.59 Å². The molecule has 0 aliphatic heterocycles. The summed E-state index contributed by atoms with van der Waals surface area (Å²) in [6.45, 7) is 3.04. The van der Waals surface area contributed by atoms with Gasteiger partial charge in [0.25, 0.3) is 0 Å². The minimum atomic E-state index is -1.21. The third-order valence-corrected chi connectivity index (χ3v) is 0.750. The molecule has 0 radical (unpaired) electrons. The quantitative estimate of drug-likeness (QED) is 0.455. The molecule has 0 bridgehead atoms. The van der Waals surface area contributed by atoms with Gasteiger partial charge in [-0.3, -0.25) is 9.59 Å². The number of rotatable bonds is 3. The third kappa shape index (κ3) is 2.71. The molecule has 0 spiro atoms. The molecule has 0 aromatic carbocycles. The molecule has 0 atom stereocenters. The van der Waals surface area contributed by atoms with Gasteiger partial charge in [0.05, 0.1) is 6.42 Å². The van der Waals surface area contributed by atoms with Crippen LogP contribution in [0, 0.1) is 4.91 Å². The van der Waals surface area contributed by atoms with Crippen LogP contribution in [0.5, 0.6) is 0 Å². The first-order valence-corrected chi connectivity index (χ1v) is 2.35. The maximum atomic E-state index is 10.2. The third-order valence-electron chi connectivity index (χ3n) is 0.750. The number of carboxylic acid groups (broad SMARTS) is 1. The molecule has 0 aromatic rings. The van der Waals surface area contributed by atoms with E-state index in [2.05, 4.69) is 6.58 Å². The molecule has 0 saturated heterocycles. The van der Waals surface area contributed by atoms with Crippen LogP contribution < -0.4 is 0 Å². The van der Waals surface area contributed by atoms with Crippen molar-refractivity contribution in [2.75, 3.05) is 0 Å². The van der Waals surface area contributed by atoms with Crippen LogP contribution in [0.1, 0.15) is 6.42 Å². The number of hydrogen-bond donors (Lipinski definition) is 1. The SMILES string of the molecule is C=C(CC(=O)O)C(=O)N=O. The molecule has 0 aliphatic carbocycles. The van der Waals surface area contributed by atoms with E-state index < -0.39 is 18.3 Å². The van der Waals surface area contributed by atoms with Crippen molar-refractivity contribution in [3.05, 3.63) is 17.1 Å². The van der Waals surface area contributed by atoms with Gasteiger partial charge in [0.2, 0.25) is 0 Å². The normalized spacial score (nSPS) is 8.40. The first-order valence-electron chi connectivity index (χ1n) is 2.35. The van der Waals surface area contributed by atoms with Gasteiger partial charge in [0, 0.05) is 10.7 Å². The summed E-state index contributed by atoms with van der Waals surface area (Å²) in [5, 5.41) is 10.1. The van der Waals surface area contributed by atoms with Crippen LogP contribution in [0.3, 0.4) is 0 Å². The molecule has 0 fully saturated rings. The predicted octanol–water partition coefficient (Wildman–Crippen LogP) is 0.310. The first-order chi connectivity index (χ1) is 4.57. The van der Waals surface area contributed by atoms with Gasteiger partial charge in [-0.15, -0.1) is 4.91 Å². The van der Waals surface area contributed by atoms with Crippen molar-refractivity contribution < 1.29 is 14.7 Å². The second-order valence-electron chi connectivity index (χ2n) is 1.57. The van der Waals surface area contributed by atoms with Crippen LogP contribution in [0.2, 0.25) is 0 Å². The molecule has 0 rings (SSSR count). The molecule has 1 N–H and O–H groups in total. The summed E-state index contributed by atoms with van der Waals surface area (Å²) in [5.74, 6) is -2.32. The highest BCUT2D eigenvalue weighted by atomic mass is 16.4. The summed E-state index contributed by atoms with van der Waals surface area (Å²) in [7, 11) is 0. The Kier molecular flexibility index (Phi) is 2.96. The highest BCUT2D eigenvalue weighted by Gasteiger charge is 2.09. The van der Waals surface area contributed by atoms with Crippen LogP contribution in [0.15, 0.2) is 17.3 Å². The fourth-order valence-corrected chi connectivity index (χ4v) is 0.323. The maximum absolute atomic E-state index is 10.2. The van der Waals surface area contributed by atoms with Gasteiger partial charge in [0.15, 0.2) is 0 Å². The molecule has 0 heterocycles. The van der Waals surface area contributed by atoms with Crippen molar-refractivity contribution in [3.63, 3.8) is 0 Å². The van der Waals surface area contributed by atoms with E-state index in [1.807, 2.05) is 5.18 Å². The topological polar surface area (TPSA) is 83.8 Å². The molecule has 1 amide bonds. The second kappa shape index (κ2) is 3.49. The molecule has 0 saturated carbocycles. The van der Waals surface area contributed by atoms with Crippen LogP contribution in [0.4, 0.5) is 0 Å². The van der Waals surface area contributed by atoms with Gasteiger partial charge in [-0.05, 0) is 0 Å². The summed E-state index contributed by atoms with van der Waals surface area (Å²) in [5.41, 5.74) is -0.303. The summed E-state index contributed by atoms with van der Waals surface area (Å²) in [6, 6.07) is 0. The largest absolute Gasteiger partial charge is 0.481 e. The Hall–Kier alpha value is -1.52. The van der Waals surface area contributed by atoms with Crippen molar-refractivity contribution in [2.45, 2.75) is 6.42 Å². The molecule has 0 aliphatic rings. The highest BCUT2D eigenvalue weighted by Crippen LogP contribution is 1.99. The fourth-order valence-electron chi connectivity index (χ4n) is 0.323. The van der Waals surface area contributed by atoms with E-state index >= 15 is 0 Å². The van der Waals surface area contributed by atoms with Crippen molar-refractivity contribution in [1.29, 1.82) is 0 Å². The summed E-state index contributed by atoms with van der Waals surface area (Å²) in [4.78, 5) is 29.6. The van der Waals surface area contributed by atoms with Gasteiger partial charge >= 0.3 is 11.9 Å². The molecule has 0 aromatic heterocycles. The van der Waals surface area contributed by atoms with E-state index in [-0.39, 0.29) is 5.57 Å². The van der Waals surface area contributed by atoms with Crippen molar-refractivity contribution in [2.24, 2.45) is 5.18 Å². The number of amides is 1. The Balaban J connectivity index is 3.98. The van der Waals surface area contributed by atoms with Gasteiger partial charge in [-0.2, -0.15) is 0 Å². The standard InChI is InChI=1S/C5H5NO4/c1-3(2-4(7)8)5(9)6-10/h1-2H2,(H,7,8). The van der Waals surface area contributed by atoms with E-state index in [0.29, 0.717) is 0 Å². The Morgan fingerprint density at radius 1 is 1.50 bits per heavy atom. The van der Waals surface area contributed by atoms with Gasteiger partial charge in [0.1, 0.15) is 0 Å². The monoisotopic (exact) mass is 143 g/mol. The van der Waals surface area contributed by atoms with E-state index in [1.165, 1.54) is 0 Å². The Morgan fingerprint density at radius 3 is 2.30 bits per heavy atom. The number of hydrogen-bond acceptors (Lipinski definition) is 3. The molecule has 0 unspecified atom stereocenters. The summed E-state index contributed by atoms with van der Waals surface area (Å²) < 4.78 is 0. The van der Waals surface area contributed by atoms with E-state index in [1.54, 1.807) is 0 Å². The molecule has 5 nitrogen and oxygen atoms in total. The highest BCUT2D eigenvalue weighted by molar-refractivity contribution is 5.97. The lowest BCUT2D eigenvalue weighted by Gasteiger charge is -1.90. The number of carbonyl (C=O) groups is 2. The predicted molar refractivity (Wildman–Crippen MR) is 32.2 cm³/mol. The lowest BCUT2D eigenvalue weighted by molar-refractivity contribution is -0.136. The number of nitroso groups, excluding NO2 is 1. The zero-order valence-electron chi connectivity index (χ0n) is 5.03. The Morgan fingerprint density at radius 2 is 2.00 bits per heavy atom. The Bertz CT molecular complexity index is 196. The number of carboxylic acids is 1. The van der Waals surface area contributed by atoms with Crippen LogP contribution in [0.25, 0.3) is 0 Å². The smallest absolute Gasteiger partial charge is 0.312 e. The molecule has 54 valence electrons. The van der Waals surface area contributed by atoms with Crippen LogP contribution >= 0.6 is 0 Å². The van der Waals surface area contributed by atoms with Gasteiger partial charge < -0.3 is 5.11 Å². The lowest BCUT2D eigenvalue weighted by Crippen LogP contribution is -2.03. The molecular weight excluding hydrogens is 138 g/mol. The number of carbonyl (C=O) groups excluding carboxylic acids is 1. The average molecular weight is 143 g/mol. The molecular formula is C5H5NO4. The minimum Gasteiger partial charge on any atom is -0.481 e. The second-order valence-corrected chi connectivity index (χ2v) is 1.57. The zero-order chi connectivity index (χ0) is 8.15. The van der Waals surface area contributed by atoms with E-state index in [4.69, 9.17) is 5.11 Å². The fraction of sp³-hybridized carbons (Fsp3) is 0.200. The maximum Gasteiger partial charge on any atom is 0.312 e. The molecule has 5 heteroatoms. The lowest BCUT2D eigenvalue weighted by atomic mass is 10.2. The van der Waals surface area contributed by atoms with E-state index in [9.17, 15) is 14.5 Å². The van der Waals surface area contributed by atoms with E-state index in [0.717, 1.165) is 0 Å². The first kappa shape index (κ1) is 8.48. The zero-order valence-corrected chi connectivity index (χ0v) is 5.03. The average Bonchev–Trinajstić information content (AvgIpc) is 1.85.